The van der Waals surface area contributed by atoms with Gasteiger partial charge in [-0.05, 0) is 41.8 Å². The molecule has 4 rings (SSSR count). The summed E-state index contributed by atoms with van der Waals surface area (Å²) in [7, 11) is 0. The number of halogens is 1. The molecule has 4 aromatic rings. The summed E-state index contributed by atoms with van der Waals surface area (Å²) in [5.74, 6) is -0.258. The number of nitrogens with one attached hydrogen (secondary N) is 1. The zero-order valence-electron chi connectivity index (χ0n) is 12.6. The molecule has 0 radical (unpaired) electrons. The van der Waals surface area contributed by atoms with Crippen molar-refractivity contribution in [3.05, 3.63) is 64.6 Å². The summed E-state index contributed by atoms with van der Waals surface area (Å²) < 4.78 is 13.2. The molecule has 120 valence electrons. The number of hydrogen-bond acceptors (Lipinski definition) is 5. The third kappa shape index (κ3) is 2.86. The van der Waals surface area contributed by atoms with Gasteiger partial charge < -0.3 is 11.1 Å². The molecule has 6 heteroatoms. The van der Waals surface area contributed by atoms with Crippen LogP contribution in [0, 0.1) is 5.82 Å². The van der Waals surface area contributed by atoms with Crippen molar-refractivity contribution < 1.29 is 4.39 Å². The summed E-state index contributed by atoms with van der Waals surface area (Å²) in [6.45, 7) is 0.546. The second kappa shape index (κ2) is 6.22. The zero-order chi connectivity index (χ0) is 16.5. The lowest BCUT2D eigenvalue weighted by atomic mass is 10.2. The fraction of sp³-hybridized carbons (Fsp3) is 0.0556. The van der Waals surface area contributed by atoms with E-state index in [-0.39, 0.29) is 5.82 Å². The number of benzene rings is 1. The number of nitrogens with two attached hydrogens (primary N) is 1. The molecular weight excluding hydrogens is 341 g/mol. The molecule has 3 heterocycles. The quantitative estimate of drug-likeness (QED) is 0.518. The molecule has 0 aliphatic carbocycles. The minimum Gasteiger partial charge on any atom is -0.397 e. The standard InChI is InChI=1S/C18H14FN3S2/c19-11-3-1-4-12(9-11)21-10-16-17(20)13-6-7-14(22-18(13)24-16)15-5-2-8-23-15/h1-9,21H,10,20H2. The Hall–Kier alpha value is -2.44. The van der Waals surface area contributed by atoms with Crippen LogP contribution in [0.3, 0.4) is 0 Å². The highest BCUT2D eigenvalue weighted by molar-refractivity contribution is 7.19. The van der Waals surface area contributed by atoms with Crippen LogP contribution in [-0.2, 0) is 6.54 Å². The molecule has 0 unspecified atom stereocenters. The maximum Gasteiger partial charge on any atom is 0.126 e. The number of hydrogen-bond donors (Lipinski definition) is 2. The van der Waals surface area contributed by atoms with Crippen LogP contribution >= 0.6 is 22.7 Å². The van der Waals surface area contributed by atoms with E-state index < -0.39 is 0 Å². The van der Waals surface area contributed by atoms with Gasteiger partial charge in [0.15, 0.2) is 0 Å². The summed E-state index contributed by atoms with van der Waals surface area (Å²) in [6, 6.07) is 14.5. The predicted octanol–water partition coefficient (Wildman–Crippen LogP) is 5.36. The van der Waals surface area contributed by atoms with Crippen LogP contribution in [0.2, 0.25) is 0 Å². The van der Waals surface area contributed by atoms with Crippen molar-refractivity contribution in [1.82, 2.24) is 4.98 Å². The van der Waals surface area contributed by atoms with Gasteiger partial charge >= 0.3 is 0 Å². The average molecular weight is 355 g/mol. The monoisotopic (exact) mass is 355 g/mol. The molecular formula is C18H14FN3S2. The normalized spacial score (nSPS) is 11.0. The molecule has 0 spiro atoms. The van der Waals surface area contributed by atoms with Crippen LogP contribution < -0.4 is 11.1 Å². The van der Waals surface area contributed by atoms with E-state index in [1.807, 2.05) is 29.6 Å². The molecule has 3 N–H and O–H groups in total. The second-order valence-corrected chi connectivity index (χ2v) is 7.36. The fourth-order valence-electron chi connectivity index (χ4n) is 2.52. The molecule has 1 aromatic carbocycles. The molecule has 3 nitrogen and oxygen atoms in total. The van der Waals surface area contributed by atoms with Gasteiger partial charge in [0.2, 0.25) is 0 Å². The third-order valence-corrected chi connectivity index (χ3v) is 5.73. The predicted molar refractivity (Wildman–Crippen MR) is 101 cm³/mol. The van der Waals surface area contributed by atoms with E-state index in [9.17, 15) is 4.39 Å². The lowest BCUT2D eigenvalue weighted by molar-refractivity contribution is 0.628. The topological polar surface area (TPSA) is 50.9 Å². The molecule has 24 heavy (non-hydrogen) atoms. The van der Waals surface area contributed by atoms with Crippen LogP contribution in [-0.4, -0.2) is 4.98 Å². The Bertz CT molecular complexity index is 993. The van der Waals surface area contributed by atoms with Gasteiger partial charge in [0.1, 0.15) is 10.6 Å². The van der Waals surface area contributed by atoms with Crippen molar-refractivity contribution in [2.45, 2.75) is 6.54 Å². The molecule has 0 saturated heterocycles. The van der Waals surface area contributed by atoms with Crippen molar-refractivity contribution >= 4 is 44.3 Å². The van der Waals surface area contributed by atoms with Gasteiger partial charge in [0, 0.05) is 16.0 Å². The Morgan fingerprint density at radius 3 is 2.83 bits per heavy atom. The fourth-order valence-corrected chi connectivity index (χ4v) is 4.24. The number of aromatic nitrogens is 1. The number of rotatable bonds is 4. The van der Waals surface area contributed by atoms with E-state index in [0.717, 1.165) is 37.0 Å². The van der Waals surface area contributed by atoms with Crippen molar-refractivity contribution in [3.63, 3.8) is 0 Å². The SMILES string of the molecule is Nc1c(CNc2cccc(F)c2)sc2nc(-c3cccs3)ccc12. The summed E-state index contributed by atoms with van der Waals surface area (Å²) in [5, 5.41) is 6.22. The molecule has 0 saturated carbocycles. The second-order valence-electron chi connectivity index (χ2n) is 5.33. The van der Waals surface area contributed by atoms with E-state index in [4.69, 9.17) is 10.7 Å². The summed E-state index contributed by atoms with van der Waals surface area (Å²) in [6.07, 6.45) is 0. The Balaban J connectivity index is 1.63. The highest BCUT2D eigenvalue weighted by Gasteiger charge is 2.12. The minimum atomic E-state index is -0.258. The van der Waals surface area contributed by atoms with Crippen LogP contribution in [0.25, 0.3) is 20.8 Å². The minimum absolute atomic E-state index is 0.258. The number of nitrogen functional groups attached to an aromatic ring is 1. The maximum atomic E-state index is 13.2. The number of nitrogens with zero attached hydrogens (tertiary/aromatic N) is 1. The summed E-state index contributed by atoms with van der Waals surface area (Å²) in [4.78, 5) is 7.80. The maximum absolute atomic E-state index is 13.2. The largest absolute Gasteiger partial charge is 0.397 e. The molecule has 0 aliphatic heterocycles. The first-order valence-corrected chi connectivity index (χ1v) is 9.11. The highest BCUT2D eigenvalue weighted by atomic mass is 32.1. The molecule has 0 bridgehead atoms. The Morgan fingerprint density at radius 2 is 2.04 bits per heavy atom. The molecule has 3 aromatic heterocycles. The van der Waals surface area contributed by atoms with Crippen LogP contribution in [0.15, 0.2) is 53.9 Å². The van der Waals surface area contributed by atoms with Crippen molar-refractivity contribution in [3.8, 4) is 10.6 Å². The van der Waals surface area contributed by atoms with Crippen LogP contribution in [0.1, 0.15) is 4.88 Å². The number of anilines is 2. The van der Waals surface area contributed by atoms with E-state index in [0.29, 0.717) is 6.54 Å². The van der Waals surface area contributed by atoms with Gasteiger partial charge in [-0.1, -0.05) is 12.1 Å². The van der Waals surface area contributed by atoms with Crippen molar-refractivity contribution in [2.75, 3.05) is 11.1 Å². The highest BCUT2D eigenvalue weighted by Crippen LogP contribution is 2.35. The smallest absolute Gasteiger partial charge is 0.126 e. The Morgan fingerprint density at radius 1 is 1.12 bits per heavy atom. The van der Waals surface area contributed by atoms with E-state index in [2.05, 4.69) is 11.4 Å². The molecule has 0 amide bonds. The lowest BCUT2D eigenvalue weighted by Crippen LogP contribution is -2.00. The van der Waals surface area contributed by atoms with Crippen LogP contribution in [0.4, 0.5) is 15.8 Å². The average Bonchev–Trinajstić information content (AvgIpc) is 3.21. The van der Waals surface area contributed by atoms with Gasteiger partial charge in [-0.2, -0.15) is 0 Å². The van der Waals surface area contributed by atoms with Gasteiger partial charge in [0.05, 0.1) is 22.8 Å². The van der Waals surface area contributed by atoms with Gasteiger partial charge in [-0.25, -0.2) is 9.37 Å². The summed E-state index contributed by atoms with van der Waals surface area (Å²) >= 11 is 3.24. The Kier molecular flexibility index (Phi) is 3.92. The number of thiophene rings is 2. The first kappa shape index (κ1) is 15.1. The van der Waals surface area contributed by atoms with E-state index in [1.165, 1.54) is 12.1 Å². The molecule has 0 atom stereocenters. The summed E-state index contributed by atoms with van der Waals surface area (Å²) in [5.41, 5.74) is 8.70. The van der Waals surface area contributed by atoms with Crippen molar-refractivity contribution in [2.24, 2.45) is 0 Å². The molecule has 0 fully saturated rings. The first-order valence-electron chi connectivity index (χ1n) is 7.42. The Labute approximate surface area is 146 Å². The van der Waals surface area contributed by atoms with Gasteiger partial charge in [-0.3, -0.25) is 0 Å². The first-order chi connectivity index (χ1) is 11.7. The lowest BCUT2D eigenvalue weighted by Gasteiger charge is -2.05. The number of fused-ring (bicyclic) bond motifs is 1. The van der Waals surface area contributed by atoms with Crippen LogP contribution in [0.5, 0.6) is 0 Å². The van der Waals surface area contributed by atoms with E-state index in [1.54, 1.807) is 28.7 Å². The van der Waals surface area contributed by atoms with Crippen molar-refractivity contribution in [1.29, 1.82) is 0 Å². The number of pyridine rings is 1. The third-order valence-electron chi connectivity index (χ3n) is 3.72. The van der Waals surface area contributed by atoms with Gasteiger partial charge in [0.25, 0.3) is 0 Å². The van der Waals surface area contributed by atoms with Gasteiger partial charge in [-0.15, -0.1) is 22.7 Å². The zero-order valence-corrected chi connectivity index (χ0v) is 14.3. The van der Waals surface area contributed by atoms with E-state index >= 15 is 0 Å². The molecule has 0 aliphatic rings.